The number of hydrogen-bond donors (Lipinski definition) is 2. The second-order valence-corrected chi connectivity index (χ2v) is 5.33. The summed E-state index contributed by atoms with van der Waals surface area (Å²) in [6.07, 6.45) is 1.32. The minimum atomic E-state index is -0.956. The van der Waals surface area contributed by atoms with Crippen LogP contribution in [0.5, 0.6) is 0 Å². The highest BCUT2D eigenvalue weighted by Crippen LogP contribution is 2.20. The summed E-state index contributed by atoms with van der Waals surface area (Å²) in [6, 6.07) is 4.37. The van der Waals surface area contributed by atoms with Crippen molar-refractivity contribution in [3.63, 3.8) is 0 Å². The highest BCUT2D eigenvalue weighted by molar-refractivity contribution is 9.10. The first kappa shape index (κ1) is 15.1. The Bertz CT molecular complexity index is 439. The molecule has 18 heavy (non-hydrogen) atoms. The van der Waals surface area contributed by atoms with Gasteiger partial charge in [-0.3, -0.25) is 10.1 Å². The van der Waals surface area contributed by atoms with Crippen molar-refractivity contribution < 1.29 is 14.3 Å². The van der Waals surface area contributed by atoms with E-state index in [0.717, 1.165) is 12.0 Å². The maximum atomic E-state index is 12.9. The third-order valence-electron chi connectivity index (χ3n) is 2.91. The van der Waals surface area contributed by atoms with Gasteiger partial charge in [-0.05, 0) is 31.0 Å². The van der Waals surface area contributed by atoms with Crippen molar-refractivity contribution >= 4 is 21.9 Å². The van der Waals surface area contributed by atoms with Crippen molar-refractivity contribution in [2.45, 2.75) is 38.8 Å². The molecule has 1 atom stereocenters. The highest BCUT2D eigenvalue weighted by Gasteiger charge is 2.31. The van der Waals surface area contributed by atoms with Gasteiger partial charge in [0.1, 0.15) is 11.4 Å². The molecule has 0 heterocycles. The molecule has 0 aliphatic rings. The van der Waals surface area contributed by atoms with Gasteiger partial charge < -0.3 is 5.11 Å². The zero-order valence-corrected chi connectivity index (χ0v) is 12.1. The van der Waals surface area contributed by atoms with Gasteiger partial charge in [0.15, 0.2) is 0 Å². The predicted molar refractivity (Wildman–Crippen MR) is 71.9 cm³/mol. The molecule has 0 aliphatic heterocycles. The van der Waals surface area contributed by atoms with E-state index >= 15 is 0 Å². The molecule has 3 nitrogen and oxygen atoms in total. The topological polar surface area (TPSA) is 49.3 Å². The molecule has 0 spiro atoms. The molecule has 100 valence electrons. The third kappa shape index (κ3) is 3.78. The number of carboxylic acid groups (broad SMARTS) is 1. The summed E-state index contributed by atoms with van der Waals surface area (Å²) >= 11 is 3.26. The number of carbonyl (C=O) groups is 1. The van der Waals surface area contributed by atoms with Crippen LogP contribution in [-0.2, 0) is 11.3 Å². The molecular weight excluding hydrogens is 301 g/mol. The predicted octanol–water partition coefficient (Wildman–Crippen LogP) is 3.32. The molecule has 0 saturated heterocycles. The fourth-order valence-electron chi connectivity index (χ4n) is 1.73. The molecule has 2 N–H and O–H groups in total. The average molecular weight is 318 g/mol. The number of benzene rings is 1. The van der Waals surface area contributed by atoms with Gasteiger partial charge in [0.25, 0.3) is 0 Å². The van der Waals surface area contributed by atoms with Crippen LogP contribution in [0.4, 0.5) is 4.39 Å². The minimum absolute atomic E-state index is 0.319. The lowest BCUT2D eigenvalue weighted by Gasteiger charge is -2.26. The van der Waals surface area contributed by atoms with Crippen molar-refractivity contribution in [2.75, 3.05) is 0 Å². The fraction of sp³-hybridized carbons (Fsp3) is 0.462. The van der Waals surface area contributed by atoms with Gasteiger partial charge in [-0.25, -0.2) is 4.39 Å². The van der Waals surface area contributed by atoms with E-state index in [1.165, 1.54) is 12.1 Å². The van der Waals surface area contributed by atoms with E-state index in [9.17, 15) is 14.3 Å². The number of nitrogens with one attached hydrogen (secondary N) is 1. The van der Waals surface area contributed by atoms with Crippen LogP contribution in [0.25, 0.3) is 0 Å². The molecule has 5 heteroatoms. The monoisotopic (exact) mass is 317 g/mol. The smallest absolute Gasteiger partial charge is 0.323 e. The average Bonchev–Trinajstić information content (AvgIpc) is 2.28. The van der Waals surface area contributed by atoms with Crippen LogP contribution in [0.1, 0.15) is 32.3 Å². The summed E-state index contributed by atoms with van der Waals surface area (Å²) in [5.74, 6) is -1.19. The normalized spacial score (nSPS) is 14.2. The quantitative estimate of drug-likeness (QED) is 0.846. The number of carboxylic acids is 1. The lowest BCUT2D eigenvalue weighted by atomic mass is 9.96. The molecule has 1 rings (SSSR count). The summed E-state index contributed by atoms with van der Waals surface area (Å²) < 4.78 is 13.6. The Labute approximate surface area is 115 Å². The molecule has 1 unspecified atom stereocenters. The first-order chi connectivity index (χ1) is 8.39. The molecule has 0 fully saturated rings. The van der Waals surface area contributed by atoms with Gasteiger partial charge in [-0.2, -0.15) is 0 Å². The van der Waals surface area contributed by atoms with Crippen molar-refractivity contribution in [1.82, 2.24) is 5.32 Å². The molecule has 0 saturated carbocycles. The summed E-state index contributed by atoms with van der Waals surface area (Å²) in [7, 11) is 0. The Hall–Kier alpha value is -0.940. The van der Waals surface area contributed by atoms with E-state index in [1.807, 2.05) is 6.92 Å². The van der Waals surface area contributed by atoms with Gasteiger partial charge >= 0.3 is 5.97 Å². The SMILES string of the molecule is CCCC(C)(NCc1ccc(F)cc1Br)C(=O)O. The zero-order valence-electron chi connectivity index (χ0n) is 10.5. The molecule has 0 aliphatic carbocycles. The van der Waals surface area contributed by atoms with Gasteiger partial charge in [-0.1, -0.05) is 35.3 Å². The molecule has 1 aromatic carbocycles. The van der Waals surface area contributed by atoms with Crippen LogP contribution in [0.15, 0.2) is 22.7 Å². The Balaban J connectivity index is 2.76. The van der Waals surface area contributed by atoms with E-state index in [0.29, 0.717) is 17.4 Å². The van der Waals surface area contributed by atoms with Crippen molar-refractivity contribution in [1.29, 1.82) is 0 Å². The van der Waals surface area contributed by atoms with Gasteiger partial charge in [0, 0.05) is 11.0 Å². The number of hydrogen-bond acceptors (Lipinski definition) is 2. The molecule has 1 aromatic rings. The van der Waals surface area contributed by atoms with Crippen molar-refractivity contribution in [2.24, 2.45) is 0 Å². The van der Waals surface area contributed by atoms with Crippen molar-refractivity contribution in [3.05, 3.63) is 34.1 Å². The molecule has 0 aromatic heterocycles. The first-order valence-corrected chi connectivity index (χ1v) is 6.60. The molecule has 0 bridgehead atoms. The summed E-state index contributed by atoms with van der Waals surface area (Å²) in [6.45, 7) is 3.98. The second kappa shape index (κ2) is 6.29. The lowest BCUT2D eigenvalue weighted by molar-refractivity contribution is -0.144. The van der Waals surface area contributed by atoms with E-state index in [4.69, 9.17) is 0 Å². The number of rotatable bonds is 6. The highest BCUT2D eigenvalue weighted by atomic mass is 79.9. The number of aliphatic carboxylic acids is 1. The number of halogens is 2. The Morgan fingerprint density at radius 2 is 2.22 bits per heavy atom. The van der Waals surface area contributed by atoms with Crippen LogP contribution in [0, 0.1) is 5.82 Å². The summed E-state index contributed by atoms with van der Waals surface area (Å²) in [4.78, 5) is 11.2. The maximum Gasteiger partial charge on any atom is 0.323 e. The van der Waals surface area contributed by atoms with Crippen LogP contribution < -0.4 is 5.32 Å². The van der Waals surface area contributed by atoms with Gasteiger partial charge in [-0.15, -0.1) is 0 Å². The molecule has 0 amide bonds. The van der Waals surface area contributed by atoms with Gasteiger partial charge in [0.2, 0.25) is 0 Å². The standard InChI is InChI=1S/C13H17BrFNO2/c1-3-6-13(2,12(17)18)16-8-9-4-5-10(15)7-11(9)14/h4-5,7,16H,3,6,8H2,1-2H3,(H,17,18). The van der Waals surface area contributed by atoms with E-state index < -0.39 is 11.5 Å². The minimum Gasteiger partial charge on any atom is -0.480 e. The fourth-order valence-corrected chi connectivity index (χ4v) is 2.22. The van der Waals surface area contributed by atoms with Crippen LogP contribution in [0.3, 0.4) is 0 Å². The Morgan fingerprint density at radius 1 is 1.56 bits per heavy atom. The largest absolute Gasteiger partial charge is 0.480 e. The Kier molecular flexibility index (Phi) is 5.28. The van der Waals surface area contributed by atoms with Gasteiger partial charge in [0.05, 0.1) is 0 Å². The van der Waals surface area contributed by atoms with E-state index in [1.54, 1.807) is 13.0 Å². The molecule has 0 radical (unpaired) electrons. The van der Waals surface area contributed by atoms with Crippen LogP contribution in [0.2, 0.25) is 0 Å². The molecular formula is C13H17BrFNO2. The van der Waals surface area contributed by atoms with Crippen molar-refractivity contribution in [3.8, 4) is 0 Å². The summed E-state index contributed by atoms with van der Waals surface area (Å²) in [5, 5.41) is 12.2. The Morgan fingerprint density at radius 3 is 2.72 bits per heavy atom. The van der Waals surface area contributed by atoms with Crippen LogP contribution in [-0.4, -0.2) is 16.6 Å². The third-order valence-corrected chi connectivity index (χ3v) is 3.64. The van der Waals surface area contributed by atoms with E-state index in [-0.39, 0.29) is 5.82 Å². The second-order valence-electron chi connectivity index (χ2n) is 4.48. The first-order valence-electron chi connectivity index (χ1n) is 5.81. The van der Waals surface area contributed by atoms with E-state index in [2.05, 4.69) is 21.2 Å². The van der Waals surface area contributed by atoms with Crippen LogP contribution >= 0.6 is 15.9 Å². The summed E-state index contributed by atoms with van der Waals surface area (Å²) in [5.41, 5.74) is -0.122. The lowest BCUT2D eigenvalue weighted by Crippen LogP contribution is -2.48. The zero-order chi connectivity index (χ0) is 13.8. The maximum absolute atomic E-state index is 12.9.